The van der Waals surface area contributed by atoms with Gasteiger partial charge in [0, 0.05) is 38.4 Å². The van der Waals surface area contributed by atoms with Crippen LogP contribution in [0, 0.1) is 0 Å². The highest BCUT2D eigenvalue weighted by Gasteiger charge is 2.37. The van der Waals surface area contributed by atoms with Crippen LogP contribution in [0.5, 0.6) is 5.88 Å². The Hall–Kier alpha value is -1.74. The quantitative estimate of drug-likeness (QED) is 0.745. The maximum Gasteiger partial charge on any atom is 0.255 e. The molecular weight excluding hydrogens is 326 g/mol. The molecular formula is C17H25N3O5. The summed E-state index contributed by atoms with van der Waals surface area (Å²) in [6.45, 7) is 5.37. The Morgan fingerprint density at radius 3 is 2.68 bits per heavy atom. The van der Waals surface area contributed by atoms with Crippen molar-refractivity contribution in [2.24, 2.45) is 0 Å². The van der Waals surface area contributed by atoms with Crippen molar-refractivity contribution >= 4 is 5.91 Å². The zero-order valence-corrected chi connectivity index (χ0v) is 14.4. The molecule has 0 aliphatic carbocycles. The van der Waals surface area contributed by atoms with E-state index in [0.717, 1.165) is 0 Å². The van der Waals surface area contributed by atoms with Crippen LogP contribution in [0.25, 0.3) is 0 Å². The van der Waals surface area contributed by atoms with Crippen molar-refractivity contribution in [2.75, 3.05) is 46.0 Å². The lowest BCUT2D eigenvalue weighted by Crippen LogP contribution is -2.60. The minimum absolute atomic E-state index is 0.0596. The third kappa shape index (κ3) is 4.09. The van der Waals surface area contributed by atoms with E-state index in [9.17, 15) is 15.0 Å². The summed E-state index contributed by atoms with van der Waals surface area (Å²) in [7, 11) is 0. The third-order valence-corrected chi connectivity index (χ3v) is 4.71. The first-order chi connectivity index (χ1) is 12.1. The molecule has 2 saturated heterocycles. The van der Waals surface area contributed by atoms with Gasteiger partial charge in [0.2, 0.25) is 5.88 Å². The normalized spacial score (nSPS) is 28.0. The molecule has 0 radical (unpaired) electrons. The Bertz CT molecular complexity index is 574. The minimum Gasteiger partial charge on any atom is -0.478 e. The summed E-state index contributed by atoms with van der Waals surface area (Å²) in [5.74, 6) is 0.449. The molecule has 0 unspecified atom stereocenters. The van der Waals surface area contributed by atoms with Gasteiger partial charge in [0.05, 0.1) is 37.5 Å². The third-order valence-electron chi connectivity index (χ3n) is 4.71. The number of amides is 1. The first-order valence-electron chi connectivity index (χ1n) is 8.66. The zero-order valence-electron chi connectivity index (χ0n) is 14.4. The van der Waals surface area contributed by atoms with Crippen LogP contribution in [0.3, 0.4) is 0 Å². The molecule has 3 rings (SSSR count). The lowest BCUT2D eigenvalue weighted by atomic mass is 10.0. The second-order valence-electron chi connectivity index (χ2n) is 6.31. The number of hydrogen-bond acceptors (Lipinski definition) is 7. The number of aliphatic hydroxyl groups is 2. The average molecular weight is 351 g/mol. The molecule has 2 aliphatic heterocycles. The summed E-state index contributed by atoms with van der Waals surface area (Å²) in [5, 5.41) is 19.9. The molecule has 8 heteroatoms. The number of aromatic nitrogens is 1. The fourth-order valence-electron chi connectivity index (χ4n) is 3.26. The Morgan fingerprint density at radius 2 is 2.04 bits per heavy atom. The summed E-state index contributed by atoms with van der Waals surface area (Å²) in [6.07, 6.45) is -0.130. The van der Waals surface area contributed by atoms with Crippen molar-refractivity contribution in [1.29, 1.82) is 0 Å². The van der Waals surface area contributed by atoms with E-state index >= 15 is 0 Å². The predicted octanol–water partition coefficient (Wildman–Crippen LogP) is -0.641. The molecule has 2 aliphatic rings. The number of carbonyl (C=O) groups is 1. The van der Waals surface area contributed by atoms with E-state index in [1.54, 1.807) is 17.0 Å². The van der Waals surface area contributed by atoms with Crippen LogP contribution in [0.2, 0.25) is 0 Å². The van der Waals surface area contributed by atoms with Crippen molar-refractivity contribution in [3.05, 3.63) is 23.9 Å². The molecule has 0 aromatic carbocycles. The number of ether oxygens (including phenoxy) is 2. The van der Waals surface area contributed by atoms with Gasteiger partial charge in [0.15, 0.2) is 0 Å². The number of piperazine rings is 1. The zero-order chi connectivity index (χ0) is 17.8. The van der Waals surface area contributed by atoms with Crippen LogP contribution in [-0.4, -0.2) is 95.2 Å². The van der Waals surface area contributed by atoms with Gasteiger partial charge in [-0.25, -0.2) is 4.98 Å². The van der Waals surface area contributed by atoms with Crippen LogP contribution in [-0.2, 0) is 4.74 Å². The van der Waals surface area contributed by atoms with Crippen molar-refractivity contribution < 1.29 is 24.5 Å². The summed E-state index contributed by atoms with van der Waals surface area (Å²) in [5.41, 5.74) is 0.536. The van der Waals surface area contributed by atoms with E-state index < -0.39 is 12.2 Å². The van der Waals surface area contributed by atoms with Gasteiger partial charge in [-0.1, -0.05) is 0 Å². The fourth-order valence-corrected chi connectivity index (χ4v) is 3.26. The highest BCUT2D eigenvalue weighted by Crippen LogP contribution is 2.18. The molecule has 2 fully saturated rings. The van der Waals surface area contributed by atoms with Gasteiger partial charge in [-0.3, -0.25) is 9.69 Å². The molecule has 0 saturated carbocycles. The maximum absolute atomic E-state index is 12.6. The van der Waals surface area contributed by atoms with Gasteiger partial charge in [0.1, 0.15) is 6.10 Å². The van der Waals surface area contributed by atoms with Crippen LogP contribution >= 0.6 is 0 Å². The maximum atomic E-state index is 12.6. The van der Waals surface area contributed by atoms with Gasteiger partial charge in [-0.2, -0.15) is 0 Å². The Labute approximate surface area is 147 Å². The summed E-state index contributed by atoms with van der Waals surface area (Å²) < 4.78 is 10.6. The van der Waals surface area contributed by atoms with Crippen molar-refractivity contribution in [1.82, 2.24) is 14.8 Å². The fraction of sp³-hybridized carbons (Fsp3) is 0.647. The van der Waals surface area contributed by atoms with Gasteiger partial charge in [-0.05, 0) is 13.0 Å². The number of nitrogens with zero attached hydrogens (tertiary/aromatic N) is 3. The number of hydrogen-bond donors (Lipinski definition) is 2. The monoisotopic (exact) mass is 351 g/mol. The minimum atomic E-state index is -0.853. The average Bonchev–Trinajstić information content (AvgIpc) is 2.64. The Balaban J connectivity index is 1.55. The number of pyridine rings is 1. The molecule has 25 heavy (non-hydrogen) atoms. The lowest BCUT2D eigenvalue weighted by molar-refractivity contribution is -0.136. The first-order valence-corrected chi connectivity index (χ1v) is 8.66. The molecule has 0 spiro atoms. The van der Waals surface area contributed by atoms with Crippen molar-refractivity contribution in [3.63, 3.8) is 0 Å². The molecule has 3 atom stereocenters. The van der Waals surface area contributed by atoms with Crippen LogP contribution < -0.4 is 4.74 Å². The van der Waals surface area contributed by atoms with E-state index in [1.807, 2.05) is 6.92 Å². The molecule has 138 valence electrons. The van der Waals surface area contributed by atoms with E-state index in [4.69, 9.17) is 9.47 Å². The Kier molecular flexibility index (Phi) is 5.85. The molecule has 1 aromatic heterocycles. The predicted molar refractivity (Wildman–Crippen MR) is 89.5 cm³/mol. The highest BCUT2D eigenvalue weighted by atomic mass is 16.5. The van der Waals surface area contributed by atoms with Gasteiger partial charge in [-0.15, -0.1) is 0 Å². The van der Waals surface area contributed by atoms with Crippen LogP contribution in [0.1, 0.15) is 17.3 Å². The molecule has 8 nitrogen and oxygen atoms in total. The molecule has 2 N–H and O–H groups in total. The van der Waals surface area contributed by atoms with Gasteiger partial charge in [0.25, 0.3) is 5.91 Å². The number of carbonyl (C=O) groups excluding carboxylic acids is 1. The lowest BCUT2D eigenvalue weighted by Gasteiger charge is -2.43. The largest absolute Gasteiger partial charge is 0.478 e. The standard InChI is InChI=1S/C17H25N3O5/c1-2-25-15-4-3-12(9-18-15)17(23)20-7-5-19(6-8-20)13-10-24-11-14(21)16(13)22/h3-4,9,13-14,16,21-22H,2,5-8,10-11H2,1H3/t13-,14-,16+/m1/s1. The summed E-state index contributed by atoms with van der Waals surface area (Å²) >= 11 is 0. The topological polar surface area (TPSA) is 95.4 Å². The number of rotatable bonds is 4. The molecule has 1 aromatic rings. The van der Waals surface area contributed by atoms with E-state index in [-0.39, 0.29) is 18.6 Å². The van der Waals surface area contributed by atoms with E-state index in [2.05, 4.69) is 9.88 Å². The van der Waals surface area contributed by atoms with Crippen LogP contribution in [0.4, 0.5) is 0 Å². The van der Waals surface area contributed by atoms with Gasteiger partial charge >= 0.3 is 0 Å². The first kappa shape index (κ1) is 18.1. The second-order valence-corrected chi connectivity index (χ2v) is 6.31. The number of aliphatic hydroxyl groups excluding tert-OH is 2. The highest BCUT2D eigenvalue weighted by molar-refractivity contribution is 5.94. The van der Waals surface area contributed by atoms with Crippen molar-refractivity contribution in [2.45, 2.75) is 25.2 Å². The van der Waals surface area contributed by atoms with Crippen molar-refractivity contribution in [3.8, 4) is 5.88 Å². The molecule has 0 bridgehead atoms. The summed E-state index contributed by atoms with van der Waals surface area (Å²) in [4.78, 5) is 20.6. The van der Waals surface area contributed by atoms with E-state index in [1.165, 1.54) is 6.20 Å². The second kappa shape index (κ2) is 8.09. The van der Waals surface area contributed by atoms with E-state index in [0.29, 0.717) is 50.8 Å². The smallest absolute Gasteiger partial charge is 0.255 e. The Morgan fingerprint density at radius 1 is 1.28 bits per heavy atom. The summed E-state index contributed by atoms with van der Waals surface area (Å²) in [6, 6.07) is 3.19. The molecule has 1 amide bonds. The molecule has 3 heterocycles. The van der Waals surface area contributed by atoms with Gasteiger partial charge < -0.3 is 24.6 Å². The SMILES string of the molecule is CCOc1ccc(C(=O)N2CCN([C@@H]3COC[C@@H](O)[C@H]3O)CC2)cn1. The van der Waals surface area contributed by atoms with Crippen LogP contribution in [0.15, 0.2) is 18.3 Å².